The van der Waals surface area contributed by atoms with Gasteiger partial charge in [0, 0.05) is 24.1 Å². The number of hydrogen-bond donors (Lipinski definition) is 2. The lowest BCUT2D eigenvalue weighted by Gasteiger charge is -2.23. The van der Waals surface area contributed by atoms with Gasteiger partial charge < -0.3 is 25.0 Å². The first-order valence-electron chi connectivity index (χ1n) is 13.4. The molecular formula is C32H37N5O4. The summed E-state index contributed by atoms with van der Waals surface area (Å²) in [7, 11) is 3.07. The Kier molecular flexibility index (Phi) is 8.97. The van der Waals surface area contributed by atoms with Crippen LogP contribution in [0.25, 0.3) is 5.69 Å². The van der Waals surface area contributed by atoms with E-state index in [0.29, 0.717) is 23.0 Å². The van der Waals surface area contributed by atoms with E-state index in [1.807, 2.05) is 67.6 Å². The van der Waals surface area contributed by atoms with E-state index in [-0.39, 0.29) is 24.4 Å². The van der Waals surface area contributed by atoms with Gasteiger partial charge >= 0.3 is 6.03 Å². The Labute approximate surface area is 241 Å². The average molecular weight is 556 g/mol. The van der Waals surface area contributed by atoms with Crippen molar-refractivity contribution in [2.45, 2.75) is 39.7 Å². The molecule has 0 unspecified atom stereocenters. The fourth-order valence-corrected chi connectivity index (χ4v) is 4.25. The first-order valence-corrected chi connectivity index (χ1v) is 13.4. The van der Waals surface area contributed by atoms with Crippen LogP contribution in [0, 0.1) is 6.92 Å². The molecule has 3 amide bonds. The number of hydrogen-bond acceptors (Lipinski definition) is 5. The van der Waals surface area contributed by atoms with Crippen LogP contribution in [-0.2, 0) is 16.8 Å². The number of ether oxygens (including phenoxy) is 2. The molecule has 4 rings (SSSR count). The predicted molar refractivity (Wildman–Crippen MR) is 161 cm³/mol. The molecule has 1 heterocycles. The van der Waals surface area contributed by atoms with E-state index < -0.39 is 6.03 Å². The predicted octanol–water partition coefficient (Wildman–Crippen LogP) is 6.17. The number of carbonyl (C=O) groups is 2. The van der Waals surface area contributed by atoms with E-state index in [1.54, 1.807) is 30.0 Å². The molecule has 0 radical (unpaired) electrons. The Morgan fingerprint density at radius 1 is 0.902 bits per heavy atom. The van der Waals surface area contributed by atoms with Crippen molar-refractivity contribution in [3.63, 3.8) is 0 Å². The van der Waals surface area contributed by atoms with Gasteiger partial charge in [0.05, 0.1) is 31.3 Å². The number of urea groups is 1. The summed E-state index contributed by atoms with van der Waals surface area (Å²) < 4.78 is 12.4. The number of rotatable bonds is 9. The Morgan fingerprint density at radius 3 is 2.32 bits per heavy atom. The lowest BCUT2D eigenvalue weighted by Crippen LogP contribution is -2.40. The topological polar surface area (TPSA) is 97.7 Å². The van der Waals surface area contributed by atoms with Gasteiger partial charge in [-0.3, -0.25) is 4.79 Å². The molecule has 1 aromatic heterocycles. The van der Waals surface area contributed by atoms with Crippen LogP contribution in [0.15, 0.2) is 78.9 Å². The molecule has 2 N–H and O–H groups in total. The van der Waals surface area contributed by atoms with E-state index in [0.717, 1.165) is 22.5 Å². The summed E-state index contributed by atoms with van der Waals surface area (Å²) in [6.07, 6.45) is 0. The molecule has 214 valence electrons. The van der Waals surface area contributed by atoms with Crippen molar-refractivity contribution in [2.75, 3.05) is 31.4 Å². The van der Waals surface area contributed by atoms with Gasteiger partial charge in [-0.25, -0.2) is 9.48 Å². The summed E-state index contributed by atoms with van der Waals surface area (Å²) in [6.45, 7) is 8.25. The van der Waals surface area contributed by atoms with Gasteiger partial charge in [0.15, 0.2) is 0 Å². The molecule has 0 fully saturated rings. The number of anilines is 2. The minimum Gasteiger partial charge on any atom is -0.497 e. The highest BCUT2D eigenvalue weighted by molar-refractivity contribution is 5.97. The van der Waals surface area contributed by atoms with Gasteiger partial charge in [-0.15, -0.1) is 0 Å². The summed E-state index contributed by atoms with van der Waals surface area (Å²) in [4.78, 5) is 28.4. The van der Waals surface area contributed by atoms with Crippen LogP contribution in [0.2, 0.25) is 0 Å². The number of nitrogens with zero attached hydrogens (tertiary/aromatic N) is 3. The molecule has 0 aliphatic carbocycles. The zero-order valence-electron chi connectivity index (χ0n) is 24.4. The maximum atomic E-state index is 13.5. The summed E-state index contributed by atoms with van der Waals surface area (Å²) in [6, 6.07) is 24.0. The highest BCUT2D eigenvalue weighted by Gasteiger charge is 2.24. The smallest absolute Gasteiger partial charge is 0.322 e. The maximum Gasteiger partial charge on any atom is 0.322 e. The molecule has 0 aliphatic rings. The molecule has 4 aromatic rings. The Morgan fingerprint density at radius 2 is 1.66 bits per heavy atom. The molecule has 0 aliphatic heterocycles. The fourth-order valence-electron chi connectivity index (χ4n) is 4.25. The van der Waals surface area contributed by atoms with E-state index in [1.165, 1.54) is 12.0 Å². The second-order valence-electron chi connectivity index (χ2n) is 10.8. The Balaban J connectivity index is 1.60. The van der Waals surface area contributed by atoms with Gasteiger partial charge in [0.25, 0.3) is 0 Å². The van der Waals surface area contributed by atoms with E-state index in [9.17, 15) is 9.59 Å². The quantitative estimate of drug-likeness (QED) is 0.258. The number of nitrogens with one attached hydrogen (secondary N) is 2. The number of carbonyl (C=O) groups excluding carboxylic acids is 2. The van der Waals surface area contributed by atoms with Crippen LogP contribution in [0.5, 0.6) is 11.5 Å². The standard InChI is InChI=1S/C32H37N5O4/c1-22-11-10-14-24(17-22)37-29(19-28(35-37)32(2,3)4)34-30(38)21-36(20-23-12-8-7-9-13-23)31(39)33-26-16-15-25(40-5)18-27(26)41-6/h7-19H,20-21H2,1-6H3,(H,33,39)(H,34,38). The molecule has 3 aromatic carbocycles. The zero-order valence-corrected chi connectivity index (χ0v) is 24.4. The number of benzene rings is 3. The van der Waals surface area contributed by atoms with Crippen molar-refractivity contribution in [1.29, 1.82) is 0 Å². The number of methoxy groups -OCH3 is 2. The second-order valence-corrected chi connectivity index (χ2v) is 10.8. The van der Waals surface area contributed by atoms with E-state index >= 15 is 0 Å². The summed E-state index contributed by atoms with van der Waals surface area (Å²) in [5.41, 5.74) is 3.86. The lowest BCUT2D eigenvalue weighted by atomic mass is 9.92. The van der Waals surface area contributed by atoms with Crippen molar-refractivity contribution < 1.29 is 19.1 Å². The van der Waals surface area contributed by atoms with Crippen LogP contribution >= 0.6 is 0 Å². The fraction of sp³-hybridized carbons (Fsp3) is 0.281. The molecular weight excluding hydrogens is 518 g/mol. The second kappa shape index (κ2) is 12.6. The molecule has 0 atom stereocenters. The normalized spacial score (nSPS) is 11.1. The maximum absolute atomic E-state index is 13.5. The SMILES string of the molecule is COc1ccc(NC(=O)N(CC(=O)Nc2cc(C(C)(C)C)nn2-c2cccc(C)c2)Cc2ccccc2)c(OC)c1. The zero-order chi connectivity index (χ0) is 29.6. The van der Waals surface area contributed by atoms with Crippen LogP contribution < -0.4 is 20.1 Å². The van der Waals surface area contributed by atoms with Gasteiger partial charge in [-0.1, -0.05) is 63.2 Å². The third kappa shape index (κ3) is 7.45. The van der Waals surface area contributed by atoms with Gasteiger partial charge in [-0.05, 0) is 42.3 Å². The van der Waals surface area contributed by atoms with Crippen molar-refractivity contribution >= 4 is 23.4 Å². The molecule has 9 heteroatoms. The first-order chi connectivity index (χ1) is 19.6. The van der Waals surface area contributed by atoms with Crippen LogP contribution in [0.1, 0.15) is 37.6 Å². The van der Waals surface area contributed by atoms with Gasteiger partial charge in [0.2, 0.25) is 5.91 Å². The summed E-state index contributed by atoms with van der Waals surface area (Å²) in [5.74, 6) is 1.22. The molecule has 0 spiro atoms. The van der Waals surface area contributed by atoms with Crippen molar-refractivity contribution in [3.05, 3.63) is 95.7 Å². The highest BCUT2D eigenvalue weighted by atomic mass is 16.5. The number of aromatic nitrogens is 2. The third-order valence-corrected chi connectivity index (χ3v) is 6.48. The van der Waals surface area contributed by atoms with E-state index in [4.69, 9.17) is 14.6 Å². The van der Waals surface area contributed by atoms with Crippen LogP contribution in [-0.4, -0.2) is 47.4 Å². The van der Waals surface area contributed by atoms with E-state index in [2.05, 4.69) is 31.4 Å². The van der Waals surface area contributed by atoms with Crippen LogP contribution in [0.4, 0.5) is 16.3 Å². The molecule has 0 saturated carbocycles. The largest absolute Gasteiger partial charge is 0.497 e. The average Bonchev–Trinajstić information content (AvgIpc) is 3.37. The molecule has 0 bridgehead atoms. The van der Waals surface area contributed by atoms with Crippen LogP contribution in [0.3, 0.4) is 0 Å². The Bertz CT molecular complexity index is 1510. The lowest BCUT2D eigenvalue weighted by molar-refractivity contribution is -0.116. The van der Waals surface area contributed by atoms with Crippen molar-refractivity contribution in [2.24, 2.45) is 0 Å². The van der Waals surface area contributed by atoms with Crippen molar-refractivity contribution in [3.8, 4) is 17.2 Å². The highest BCUT2D eigenvalue weighted by Crippen LogP contribution is 2.30. The van der Waals surface area contributed by atoms with Gasteiger partial charge in [-0.2, -0.15) is 5.10 Å². The van der Waals surface area contributed by atoms with Gasteiger partial charge in [0.1, 0.15) is 23.9 Å². The van der Waals surface area contributed by atoms with Crippen molar-refractivity contribution in [1.82, 2.24) is 14.7 Å². The summed E-state index contributed by atoms with van der Waals surface area (Å²) >= 11 is 0. The third-order valence-electron chi connectivity index (χ3n) is 6.48. The minimum absolute atomic E-state index is 0.191. The Hall–Kier alpha value is -4.79. The molecule has 0 saturated heterocycles. The first kappa shape index (κ1) is 29.2. The summed E-state index contributed by atoms with van der Waals surface area (Å²) in [5, 5.41) is 10.7. The number of amides is 3. The minimum atomic E-state index is -0.449. The number of aryl methyl sites for hydroxylation is 1. The molecule has 41 heavy (non-hydrogen) atoms. The molecule has 9 nitrogen and oxygen atoms in total. The monoisotopic (exact) mass is 555 g/mol.